The van der Waals surface area contributed by atoms with Gasteiger partial charge < -0.3 is 15.0 Å². The standard InChI is InChI=1S/C14H21FN4O2S/c1-10(21-12-6-4-11(15)5-7-12)13(20)17-18-14(22)16-8-9-19(2)3/h4-7,10H,8-9H2,1-3H3,(H,17,20)(H2,16,18,22)/p+1/t10-/m0/s1. The Morgan fingerprint density at radius 1 is 1.32 bits per heavy atom. The second kappa shape index (κ2) is 9.16. The van der Waals surface area contributed by atoms with E-state index in [-0.39, 0.29) is 11.7 Å². The molecule has 22 heavy (non-hydrogen) atoms. The highest BCUT2D eigenvalue weighted by atomic mass is 32.1. The molecule has 0 aromatic heterocycles. The summed E-state index contributed by atoms with van der Waals surface area (Å²) in [5, 5.41) is 3.30. The van der Waals surface area contributed by atoms with Gasteiger partial charge in [-0.1, -0.05) is 0 Å². The number of rotatable bonds is 6. The number of benzene rings is 1. The fourth-order valence-electron chi connectivity index (χ4n) is 1.46. The van der Waals surface area contributed by atoms with E-state index >= 15 is 0 Å². The molecule has 0 radical (unpaired) electrons. The Labute approximate surface area is 135 Å². The van der Waals surface area contributed by atoms with Crippen molar-refractivity contribution in [1.82, 2.24) is 16.2 Å². The highest BCUT2D eigenvalue weighted by molar-refractivity contribution is 7.80. The lowest BCUT2D eigenvalue weighted by molar-refractivity contribution is -0.856. The Bertz CT molecular complexity index is 496. The molecule has 0 unspecified atom stereocenters. The first kappa shape index (κ1) is 18.1. The summed E-state index contributed by atoms with van der Waals surface area (Å²) in [6.45, 7) is 3.19. The zero-order valence-electron chi connectivity index (χ0n) is 12.9. The Hall–Kier alpha value is -1.93. The third-order valence-electron chi connectivity index (χ3n) is 2.71. The number of amides is 1. The molecule has 0 saturated carbocycles. The van der Waals surface area contributed by atoms with Gasteiger partial charge in [-0.3, -0.25) is 15.6 Å². The van der Waals surface area contributed by atoms with Gasteiger partial charge in [0.2, 0.25) is 0 Å². The monoisotopic (exact) mass is 329 g/mol. The zero-order valence-corrected chi connectivity index (χ0v) is 13.7. The highest BCUT2D eigenvalue weighted by Gasteiger charge is 2.14. The second-order valence-corrected chi connectivity index (χ2v) is 5.45. The highest BCUT2D eigenvalue weighted by Crippen LogP contribution is 2.12. The van der Waals surface area contributed by atoms with E-state index in [0.29, 0.717) is 17.4 Å². The average Bonchev–Trinajstić information content (AvgIpc) is 2.46. The lowest BCUT2D eigenvalue weighted by atomic mass is 10.3. The molecule has 0 spiro atoms. The van der Waals surface area contributed by atoms with Gasteiger partial charge in [-0.2, -0.15) is 0 Å². The number of likely N-dealkylation sites (N-methyl/N-ethyl adjacent to an activating group) is 1. The van der Waals surface area contributed by atoms with Gasteiger partial charge in [-0.25, -0.2) is 4.39 Å². The number of nitrogens with one attached hydrogen (secondary N) is 4. The molecule has 0 heterocycles. The van der Waals surface area contributed by atoms with Crippen molar-refractivity contribution >= 4 is 23.2 Å². The summed E-state index contributed by atoms with van der Waals surface area (Å²) >= 11 is 5.03. The molecular formula is C14H22FN4O2S+. The smallest absolute Gasteiger partial charge is 0.279 e. The van der Waals surface area contributed by atoms with E-state index in [4.69, 9.17) is 17.0 Å². The average molecular weight is 329 g/mol. The normalized spacial score (nSPS) is 11.7. The number of ether oxygens (including phenoxy) is 1. The minimum Gasteiger partial charge on any atom is -0.481 e. The minimum absolute atomic E-state index is 0.337. The van der Waals surface area contributed by atoms with Crippen LogP contribution in [0.1, 0.15) is 6.92 Å². The van der Waals surface area contributed by atoms with Crippen LogP contribution in [0.5, 0.6) is 5.75 Å². The van der Waals surface area contributed by atoms with Crippen molar-refractivity contribution in [2.24, 2.45) is 0 Å². The maximum atomic E-state index is 12.8. The maximum absolute atomic E-state index is 12.8. The van der Waals surface area contributed by atoms with Gasteiger partial charge in [-0.05, 0) is 43.4 Å². The van der Waals surface area contributed by atoms with Crippen LogP contribution in [-0.2, 0) is 4.79 Å². The summed E-state index contributed by atoms with van der Waals surface area (Å²) in [6, 6.07) is 5.46. The van der Waals surface area contributed by atoms with Crippen molar-refractivity contribution in [1.29, 1.82) is 0 Å². The van der Waals surface area contributed by atoms with E-state index in [1.165, 1.54) is 29.2 Å². The van der Waals surface area contributed by atoms with Crippen LogP contribution >= 0.6 is 12.2 Å². The quantitative estimate of drug-likeness (QED) is 0.408. The minimum atomic E-state index is -0.744. The number of halogens is 1. The SMILES string of the molecule is C[C@H](Oc1ccc(F)cc1)C(=O)NNC(=S)NCC[NH+](C)C. The Balaban J connectivity index is 2.29. The predicted molar refractivity (Wildman–Crippen MR) is 86.0 cm³/mol. The van der Waals surface area contributed by atoms with Crippen LogP contribution in [0.4, 0.5) is 4.39 Å². The molecule has 0 aliphatic heterocycles. The summed E-state index contributed by atoms with van der Waals surface area (Å²) in [4.78, 5) is 13.1. The van der Waals surface area contributed by atoms with E-state index in [9.17, 15) is 9.18 Å². The second-order valence-electron chi connectivity index (χ2n) is 5.04. The predicted octanol–water partition coefficient (Wildman–Crippen LogP) is -0.767. The number of carbonyl (C=O) groups is 1. The maximum Gasteiger partial charge on any atom is 0.279 e. The first-order valence-electron chi connectivity index (χ1n) is 6.93. The molecule has 1 amide bonds. The van der Waals surface area contributed by atoms with Crippen molar-refractivity contribution in [2.75, 3.05) is 27.2 Å². The first-order valence-corrected chi connectivity index (χ1v) is 7.34. The molecule has 0 aliphatic carbocycles. The molecule has 8 heteroatoms. The van der Waals surface area contributed by atoms with Gasteiger partial charge in [-0.15, -0.1) is 0 Å². The lowest BCUT2D eigenvalue weighted by Crippen LogP contribution is -3.06. The largest absolute Gasteiger partial charge is 0.481 e. The third-order valence-corrected chi connectivity index (χ3v) is 2.95. The van der Waals surface area contributed by atoms with Crippen LogP contribution in [0.15, 0.2) is 24.3 Å². The van der Waals surface area contributed by atoms with E-state index < -0.39 is 6.10 Å². The molecular weight excluding hydrogens is 307 g/mol. The Kier molecular flexibility index (Phi) is 7.55. The molecule has 0 fully saturated rings. The molecule has 0 aliphatic rings. The van der Waals surface area contributed by atoms with Gasteiger partial charge in [0.25, 0.3) is 5.91 Å². The van der Waals surface area contributed by atoms with Gasteiger partial charge in [0.05, 0.1) is 27.2 Å². The van der Waals surface area contributed by atoms with Crippen LogP contribution in [0, 0.1) is 5.82 Å². The van der Waals surface area contributed by atoms with E-state index in [1.807, 2.05) is 14.1 Å². The van der Waals surface area contributed by atoms with Crippen molar-refractivity contribution in [2.45, 2.75) is 13.0 Å². The van der Waals surface area contributed by atoms with Gasteiger partial charge in [0, 0.05) is 0 Å². The van der Waals surface area contributed by atoms with E-state index in [1.54, 1.807) is 6.92 Å². The molecule has 4 N–H and O–H groups in total. The van der Waals surface area contributed by atoms with Crippen LogP contribution in [0.3, 0.4) is 0 Å². The molecule has 0 bridgehead atoms. The van der Waals surface area contributed by atoms with Crippen molar-refractivity contribution in [3.63, 3.8) is 0 Å². The lowest BCUT2D eigenvalue weighted by Gasteiger charge is -2.16. The fourth-order valence-corrected chi connectivity index (χ4v) is 1.61. The van der Waals surface area contributed by atoms with Crippen molar-refractivity contribution in [3.8, 4) is 5.75 Å². The number of carbonyl (C=O) groups excluding carboxylic acids is 1. The van der Waals surface area contributed by atoms with Crippen LogP contribution < -0.4 is 25.8 Å². The van der Waals surface area contributed by atoms with Gasteiger partial charge >= 0.3 is 0 Å². The number of thiocarbonyl (C=S) groups is 1. The third kappa shape index (κ3) is 7.19. The number of hydrogen-bond donors (Lipinski definition) is 4. The summed E-state index contributed by atoms with van der Waals surface area (Å²) in [5.41, 5.74) is 5.06. The summed E-state index contributed by atoms with van der Waals surface area (Å²) in [5.74, 6) is -0.326. The van der Waals surface area contributed by atoms with Crippen LogP contribution in [0.25, 0.3) is 0 Å². The number of quaternary nitrogens is 1. The van der Waals surface area contributed by atoms with E-state index in [2.05, 4.69) is 16.2 Å². The van der Waals surface area contributed by atoms with Crippen molar-refractivity contribution in [3.05, 3.63) is 30.1 Å². The molecule has 0 saturated heterocycles. The molecule has 1 rings (SSSR count). The summed E-state index contributed by atoms with van der Waals surface area (Å²) in [6.07, 6.45) is -0.744. The molecule has 1 aromatic carbocycles. The summed E-state index contributed by atoms with van der Waals surface area (Å²) in [7, 11) is 4.07. The van der Waals surface area contributed by atoms with Crippen LogP contribution in [-0.4, -0.2) is 44.3 Å². The van der Waals surface area contributed by atoms with Gasteiger partial charge in [0.15, 0.2) is 11.2 Å². The molecule has 1 atom stereocenters. The number of hydrazine groups is 1. The van der Waals surface area contributed by atoms with E-state index in [0.717, 1.165) is 6.54 Å². The Morgan fingerprint density at radius 2 is 1.95 bits per heavy atom. The molecule has 6 nitrogen and oxygen atoms in total. The number of hydrogen-bond acceptors (Lipinski definition) is 3. The first-order chi connectivity index (χ1) is 10.4. The molecule has 122 valence electrons. The topological polar surface area (TPSA) is 66.8 Å². The summed E-state index contributed by atoms with van der Waals surface area (Å²) < 4.78 is 18.2. The Morgan fingerprint density at radius 3 is 2.55 bits per heavy atom. The fraction of sp³-hybridized carbons (Fsp3) is 0.429. The molecule has 1 aromatic rings. The van der Waals surface area contributed by atoms with Crippen molar-refractivity contribution < 1.29 is 18.8 Å². The van der Waals surface area contributed by atoms with Crippen LogP contribution in [0.2, 0.25) is 0 Å². The van der Waals surface area contributed by atoms with Gasteiger partial charge in [0.1, 0.15) is 11.6 Å². The zero-order chi connectivity index (χ0) is 16.5.